The van der Waals surface area contributed by atoms with Gasteiger partial charge in [0.25, 0.3) is 17.1 Å². The zero-order valence-corrected chi connectivity index (χ0v) is 23.6. The number of imide groups is 1. The van der Waals surface area contributed by atoms with Gasteiger partial charge in [0, 0.05) is 15.7 Å². The molecule has 3 aromatic rings. The predicted molar refractivity (Wildman–Crippen MR) is 154 cm³/mol. The first kappa shape index (κ1) is 28.1. The zero-order chi connectivity index (χ0) is 27.9. The minimum absolute atomic E-state index is 0.188. The molecule has 0 unspecified atom stereocenters. The van der Waals surface area contributed by atoms with E-state index in [-0.39, 0.29) is 29.7 Å². The minimum Gasteiger partial charge on any atom is -0.493 e. The summed E-state index contributed by atoms with van der Waals surface area (Å²) in [5, 5.41) is 2.27. The smallest absolute Gasteiger partial charge is 0.293 e. The van der Waals surface area contributed by atoms with Crippen LogP contribution in [0, 0.1) is 0 Å². The summed E-state index contributed by atoms with van der Waals surface area (Å²) in [6, 6.07) is 19.2. The Kier molecular flexibility index (Phi) is 9.21. The largest absolute Gasteiger partial charge is 0.493 e. The number of Topliss-reactive ketones (excluding diaryl/α,β-unsaturated/α-hetero) is 1. The molecule has 10 heteroatoms. The standard InChI is InChI=1S/C29H25BrN2O6S/c1-3-18-4-11-22(12-5-18)31-27(34)17-38-24-13-6-19(14-25(24)37-2)15-26-28(35)32(29(36)39-26)16-23(33)20-7-9-21(30)10-8-20/h4-15H,3,16-17H2,1-2H3,(H,31,34)/b26-15-. The number of ketones is 1. The van der Waals surface area contributed by atoms with Gasteiger partial charge in [-0.05, 0) is 71.8 Å². The molecule has 0 saturated carbocycles. The first-order valence-electron chi connectivity index (χ1n) is 12.0. The average molecular weight is 609 g/mol. The van der Waals surface area contributed by atoms with Gasteiger partial charge in [-0.1, -0.05) is 53.2 Å². The lowest BCUT2D eigenvalue weighted by molar-refractivity contribution is -0.122. The third-order valence-corrected chi connectivity index (χ3v) is 7.27. The SMILES string of the molecule is CCc1ccc(NC(=O)COc2ccc(/C=C3\SC(=O)N(CC(=O)c4ccc(Br)cc4)C3=O)cc2OC)cc1. The van der Waals surface area contributed by atoms with E-state index in [0.29, 0.717) is 28.3 Å². The highest BCUT2D eigenvalue weighted by Gasteiger charge is 2.36. The van der Waals surface area contributed by atoms with Crippen molar-refractivity contribution in [3.8, 4) is 11.5 Å². The molecule has 0 radical (unpaired) electrons. The fraction of sp³-hybridized carbons (Fsp3) is 0.172. The molecule has 0 aromatic heterocycles. The average Bonchev–Trinajstić information content (AvgIpc) is 3.20. The number of ether oxygens (including phenoxy) is 2. The van der Waals surface area contributed by atoms with Crippen molar-refractivity contribution in [3.63, 3.8) is 0 Å². The monoisotopic (exact) mass is 608 g/mol. The summed E-state index contributed by atoms with van der Waals surface area (Å²) >= 11 is 4.08. The number of hydrogen-bond donors (Lipinski definition) is 1. The Morgan fingerprint density at radius 3 is 2.38 bits per heavy atom. The Labute approximate surface area is 238 Å². The molecule has 1 aliphatic heterocycles. The van der Waals surface area contributed by atoms with Crippen LogP contribution in [0.4, 0.5) is 10.5 Å². The zero-order valence-electron chi connectivity index (χ0n) is 21.2. The van der Waals surface area contributed by atoms with Crippen LogP contribution in [0.15, 0.2) is 76.1 Å². The van der Waals surface area contributed by atoms with Crippen molar-refractivity contribution in [2.75, 3.05) is 25.6 Å². The number of thioether (sulfide) groups is 1. The molecule has 1 fully saturated rings. The molecule has 0 bridgehead atoms. The van der Waals surface area contributed by atoms with Crippen molar-refractivity contribution in [2.45, 2.75) is 13.3 Å². The molecule has 3 amide bonds. The van der Waals surface area contributed by atoms with E-state index in [1.807, 2.05) is 24.3 Å². The van der Waals surface area contributed by atoms with E-state index in [9.17, 15) is 19.2 Å². The van der Waals surface area contributed by atoms with Gasteiger partial charge in [-0.15, -0.1) is 0 Å². The van der Waals surface area contributed by atoms with Crippen LogP contribution >= 0.6 is 27.7 Å². The van der Waals surface area contributed by atoms with Crippen molar-refractivity contribution in [1.82, 2.24) is 4.90 Å². The van der Waals surface area contributed by atoms with Gasteiger partial charge in [0.15, 0.2) is 23.9 Å². The maximum Gasteiger partial charge on any atom is 0.293 e. The van der Waals surface area contributed by atoms with Crippen molar-refractivity contribution >= 4 is 62.3 Å². The lowest BCUT2D eigenvalue weighted by Gasteiger charge is -2.12. The summed E-state index contributed by atoms with van der Waals surface area (Å²) in [6.07, 6.45) is 2.46. The quantitative estimate of drug-likeness (QED) is 0.224. The van der Waals surface area contributed by atoms with Crippen LogP contribution in [-0.2, 0) is 16.0 Å². The Morgan fingerprint density at radius 2 is 1.72 bits per heavy atom. The summed E-state index contributed by atoms with van der Waals surface area (Å²) in [4.78, 5) is 51.4. The number of benzene rings is 3. The summed E-state index contributed by atoms with van der Waals surface area (Å²) in [5.74, 6) is -0.501. The number of hydrogen-bond acceptors (Lipinski definition) is 7. The second kappa shape index (κ2) is 12.8. The number of halogens is 1. The molecule has 1 saturated heterocycles. The van der Waals surface area contributed by atoms with Gasteiger partial charge in [0.2, 0.25) is 0 Å². The summed E-state index contributed by atoms with van der Waals surface area (Å²) in [5.41, 5.74) is 2.85. The fourth-order valence-corrected chi connectivity index (χ4v) is 4.82. The third kappa shape index (κ3) is 7.15. The van der Waals surface area contributed by atoms with Gasteiger partial charge in [-0.25, -0.2) is 0 Å². The van der Waals surface area contributed by atoms with Gasteiger partial charge in [0.05, 0.1) is 18.6 Å². The van der Waals surface area contributed by atoms with E-state index in [1.54, 1.807) is 48.5 Å². The topological polar surface area (TPSA) is 102 Å². The molecule has 200 valence electrons. The van der Waals surface area contributed by atoms with Gasteiger partial charge in [-0.2, -0.15) is 0 Å². The number of aryl methyl sites for hydroxylation is 1. The van der Waals surface area contributed by atoms with Crippen LogP contribution < -0.4 is 14.8 Å². The molecule has 0 aliphatic carbocycles. The second-order valence-corrected chi connectivity index (χ2v) is 10.4. The molecule has 39 heavy (non-hydrogen) atoms. The number of rotatable bonds is 10. The summed E-state index contributed by atoms with van der Waals surface area (Å²) < 4.78 is 11.9. The van der Waals surface area contributed by atoms with Crippen molar-refractivity contribution in [1.29, 1.82) is 0 Å². The Morgan fingerprint density at radius 1 is 1.00 bits per heavy atom. The number of carbonyl (C=O) groups is 4. The number of amides is 3. The Hall–Kier alpha value is -3.89. The van der Waals surface area contributed by atoms with E-state index in [0.717, 1.165) is 27.6 Å². The number of nitrogens with zero attached hydrogens (tertiary/aromatic N) is 1. The molecular weight excluding hydrogens is 584 g/mol. The summed E-state index contributed by atoms with van der Waals surface area (Å²) in [6.45, 7) is 1.49. The van der Waals surface area contributed by atoms with Crippen LogP contribution in [0.1, 0.15) is 28.4 Å². The van der Waals surface area contributed by atoms with E-state index in [1.165, 1.54) is 12.7 Å². The molecule has 0 spiro atoms. The van der Waals surface area contributed by atoms with Crippen LogP contribution in [0.5, 0.6) is 11.5 Å². The first-order valence-corrected chi connectivity index (χ1v) is 13.6. The number of nitrogens with one attached hydrogen (secondary N) is 1. The molecule has 1 heterocycles. The Bertz CT molecular complexity index is 1440. The highest BCUT2D eigenvalue weighted by atomic mass is 79.9. The lowest BCUT2D eigenvalue weighted by atomic mass is 10.1. The van der Waals surface area contributed by atoms with Gasteiger partial charge in [0.1, 0.15) is 0 Å². The Balaban J connectivity index is 1.39. The molecule has 1 aliphatic rings. The molecule has 1 N–H and O–H groups in total. The molecular formula is C29H25BrN2O6S. The van der Waals surface area contributed by atoms with E-state index < -0.39 is 11.1 Å². The molecule has 0 atom stereocenters. The molecule has 8 nitrogen and oxygen atoms in total. The maximum absolute atomic E-state index is 12.9. The highest BCUT2D eigenvalue weighted by molar-refractivity contribution is 9.10. The van der Waals surface area contributed by atoms with Gasteiger partial charge >= 0.3 is 0 Å². The lowest BCUT2D eigenvalue weighted by Crippen LogP contribution is -2.33. The fourth-order valence-electron chi connectivity index (χ4n) is 3.72. The minimum atomic E-state index is -0.543. The van der Waals surface area contributed by atoms with Gasteiger partial charge < -0.3 is 14.8 Å². The van der Waals surface area contributed by atoms with Gasteiger partial charge in [-0.3, -0.25) is 24.1 Å². The van der Waals surface area contributed by atoms with E-state index >= 15 is 0 Å². The van der Waals surface area contributed by atoms with Crippen LogP contribution in [0.25, 0.3) is 6.08 Å². The normalized spacial score (nSPS) is 14.0. The highest BCUT2D eigenvalue weighted by Crippen LogP contribution is 2.34. The number of methoxy groups -OCH3 is 1. The predicted octanol–water partition coefficient (Wildman–Crippen LogP) is 5.96. The molecule has 3 aromatic carbocycles. The third-order valence-electron chi connectivity index (χ3n) is 5.83. The first-order chi connectivity index (χ1) is 18.8. The maximum atomic E-state index is 12.9. The number of carbonyl (C=O) groups excluding carboxylic acids is 4. The number of anilines is 1. The van der Waals surface area contributed by atoms with Crippen LogP contribution in [0.3, 0.4) is 0 Å². The van der Waals surface area contributed by atoms with Crippen LogP contribution in [0.2, 0.25) is 0 Å². The van der Waals surface area contributed by atoms with Crippen molar-refractivity contribution in [3.05, 3.63) is 92.8 Å². The van der Waals surface area contributed by atoms with Crippen molar-refractivity contribution < 1.29 is 28.7 Å². The van der Waals surface area contributed by atoms with E-state index in [2.05, 4.69) is 28.2 Å². The molecule has 4 rings (SSSR count). The second-order valence-electron chi connectivity index (χ2n) is 8.50. The van der Waals surface area contributed by atoms with Crippen molar-refractivity contribution in [2.24, 2.45) is 0 Å². The van der Waals surface area contributed by atoms with Crippen LogP contribution in [-0.4, -0.2) is 48.0 Å². The van der Waals surface area contributed by atoms with E-state index in [4.69, 9.17) is 9.47 Å². The summed E-state index contributed by atoms with van der Waals surface area (Å²) in [7, 11) is 1.46.